The summed E-state index contributed by atoms with van der Waals surface area (Å²) in [5.41, 5.74) is 3.48. The molecule has 0 radical (unpaired) electrons. The minimum absolute atomic E-state index is 0.241. The lowest BCUT2D eigenvalue weighted by Gasteiger charge is -2.30. The Hall–Kier alpha value is -3.17. The molecule has 0 aliphatic carbocycles. The first kappa shape index (κ1) is 17.3. The van der Waals surface area contributed by atoms with Gasteiger partial charge in [-0.05, 0) is 35.9 Å². The van der Waals surface area contributed by atoms with Crippen LogP contribution in [0.5, 0.6) is 0 Å². The fourth-order valence-corrected chi connectivity index (χ4v) is 4.17. The predicted octanol–water partition coefficient (Wildman–Crippen LogP) is 4.51. The third-order valence-electron chi connectivity index (χ3n) is 4.37. The number of benzene rings is 2. The van der Waals surface area contributed by atoms with E-state index in [-0.39, 0.29) is 5.91 Å². The number of nitriles is 1. The van der Waals surface area contributed by atoms with Crippen LogP contribution in [-0.2, 0) is 0 Å². The van der Waals surface area contributed by atoms with Gasteiger partial charge in [0.25, 0.3) is 5.91 Å². The van der Waals surface area contributed by atoms with Gasteiger partial charge < -0.3 is 4.90 Å². The Balaban J connectivity index is 1.75. The van der Waals surface area contributed by atoms with Crippen molar-refractivity contribution >= 4 is 23.4 Å². The summed E-state index contributed by atoms with van der Waals surface area (Å²) in [4.78, 5) is 19.9. The Labute approximate surface area is 160 Å². The molecule has 3 aromatic rings. The Bertz CT molecular complexity index is 1060. The lowest BCUT2D eigenvalue weighted by Crippen LogP contribution is -2.35. The monoisotopic (exact) mass is 375 g/mol. The molecule has 0 fully saturated rings. The van der Waals surface area contributed by atoms with Crippen LogP contribution in [0.2, 0.25) is 0 Å². The molecule has 4 nitrogen and oxygen atoms in total. The van der Waals surface area contributed by atoms with Crippen molar-refractivity contribution in [2.75, 3.05) is 17.2 Å². The highest BCUT2D eigenvalue weighted by Gasteiger charge is 2.26. The van der Waals surface area contributed by atoms with Crippen LogP contribution < -0.4 is 4.90 Å². The normalized spacial score (nSPS) is 13.0. The summed E-state index contributed by atoms with van der Waals surface area (Å²) in [6, 6.07) is 15.1. The summed E-state index contributed by atoms with van der Waals surface area (Å²) in [6.07, 6.45) is 3.44. The van der Waals surface area contributed by atoms with Crippen LogP contribution in [-0.4, -0.2) is 23.2 Å². The molecule has 1 aromatic heterocycles. The Kier molecular flexibility index (Phi) is 4.61. The number of aromatic nitrogens is 1. The maximum absolute atomic E-state index is 13.5. The van der Waals surface area contributed by atoms with Gasteiger partial charge in [-0.1, -0.05) is 18.2 Å². The zero-order chi connectivity index (χ0) is 18.8. The van der Waals surface area contributed by atoms with Crippen LogP contribution in [0.4, 0.5) is 10.1 Å². The number of hydrogen-bond acceptors (Lipinski definition) is 4. The van der Waals surface area contributed by atoms with Gasteiger partial charge >= 0.3 is 0 Å². The number of pyridine rings is 1. The molecule has 27 heavy (non-hydrogen) atoms. The Morgan fingerprint density at radius 1 is 1.19 bits per heavy atom. The summed E-state index contributed by atoms with van der Waals surface area (Å²) in [5, 5.41) is 8.98. The van der Waals surface area contributed by atoms with Crippen molar-refractivity contribution in [3.8, 4) is 17.2 Å². The van der Waals surface area contributed by atoms with Crippen LogP contribution in [0.25, 0.3) is 11.1 Å². The van der Waals surface area contributed by atoms with Crippen LogP contribution in [0.15, 0.2) is 65.8 Å². The molecule has 0 spiro atoms. The molecule has 2 heterocycles. The van der Waals surface area contributed by atoms with Crippen LogP contribution in [0, 0.1) is 17.1 Å². The molecular formula is C21H14FN3OS. The van der Waals surface area contributed by atoms with E-state index in [0.717, 1.165) is 27.5 Å². The highest BCUT2D eigenvalue weighted by atomic mass is 32.2. The molecular weight excluding hydrogens is 361 g/mol. The molecule has 0 saturated heterocycles. The highest BCUT2D eigenvalue weighted by Crippen LogP contribution is 2.41. The molecule has 0 N–H and O–H groups in total. The van der Waals surface area contributed by atoms with Gasteiger partial charge in [0.1, 0.15) is 5.82 Å². The van der Waals surface area contributed by atoms with E-state index < -0.39 is 5.82 Å². The number of halogens is 1. The zero-order valence-corrected chi connectivity index (χ0v) is 15.0. The summed E-state index contributed by atoms with van der Waals surface area (Å²) >= 11 is 1.67. The molecule has 6 heteroatoms. The summed E-state index contributed by atoms with van der Waals surface area (Å²) < 4.78 is 13.5. The molecule has 0 atom stereocenters. The van der Waals surface area contributed by atoms with E-state index in [1.165, 1.54) is 18.2 Å². The molecule has 132 valence electrons. The maximum Gasteiger partial charge on any atom is 0.258 e. The van der Waals surface area contributed by atoms with Gasteiger partial charge in [-0.3, -0.25) is 9.78 Å². The third kappa shape index (κ3) is 3.29. The quantitative estimate of drug-likeness (QED) is 0.661. The fourth-order valence-electron chi connectivity index (χ4n) is 3.06. The van der Waals surface area contributed by atoms with Crippen LogP contribution in [0.1, 0.15) is 15.9 Å². The average Bonchev–Trinajstić information content (AvgIpc) is 2.72. The van der Waals surface area contributed by atoms with Gasteiger partial charge in [0.05, 0.1) is 23.5 Å². The minimum Gasteiger partial charge on any atom is -0.305 e. The van der Waals surface area contributed by atoms with Crippen molar-refractivity contribution in [1.29, 1.82) is 5.26 Å². The molecule has 1 aliphatic rings. The Morgan fingerprint density at radius 2 is 2.00 bits per heavy atom. The van der Waals surface area contributed by atoms with Crippen molar-refractivity contribution in [3.63, 3.8) is 0 Å². The molecule has 2 aromatic carbocycles. The number of nitrogens with zero attached hydrogens (tertiary/aromatic N) is 3. The van der Waals surface area contributed by atoms with E-state index in [2.05, 4.69) is 11.1 Å². The standard InChI is InChI=1S/C21H14FN3OS/c22-17-3-1-2-16(10-17)21(26)25-8-9-27-20-18(12-24-13-19(20)25)15-6-4-14(11-23)5-7-15/h1-7,10,12-13H,8-9H2. The maximum atomic E-state index is 13.5. The number of thioether (sulfide) groups is 1. The first-order chi connectivity index (χ1) is 13.2. The van der Waals surface area contributed by atoms with Gasteiger partial charge in [0.2, 0.25) is 0 Å². The number of fused-ring (bicyclic) bond motifs is 1. The average molecular weight is 375 g/mol. The smallest absolute Gasteiger partial charge is 0.258 e. The number of rotatable bonds is 2. The van der Waals surface area contributed by atoms with Crippen molar-refractivity contribution in [2.45, 2.75) is 4.90 Å². The van der Waals surface area contributed by atoms with Gasteiger partial charge in [-0.25, -0.2) is 4.39 Å². The second-order valence-electron chi connectivity index (χ2n) is 6.04. The van der Waals surface area contributed by atoms with Crippen molar-refractivity contribution in [2.24, 2.45) is 0 Å². The van der Waals surface area contributed by atoms with Crippen LogP contribution in [0.3, 0.4) is 0 Å². The predicted molar refractivity (Wildman–Crippen MR) is 103 cm³/mol. The summed E-state index contributed by atoms with van der Waals surface area (Å²) in [5.74, 6) is 0.0631. The van der Waals surface area contributed by atoms with Crippen LogP contribution >= 0.6 is 11.8 Å². The zero-order valence-electron chi connectivity index (χ0n) is 14.2. The van der Waals surface area contributed by atoms with Crippen molar-refractivity contribution in [1.82, 2.24) is 4.98 Å². The second kappa shape index (κ2) is 7.22. The lowest BCUT2D eigenvalue weighted by molar-refractivity contribution is 0.0987. The minimum atomic E-state index is -0.433. The largest absolute Gasteiger partial charge is 0.305 e. The number of amides is 1. The van der Waals surface area contributed by atoms with Gasteiger partial charge in [-0.15, -0.1) is 11.8 Å². The number of hydrogen-bond donors (Lipinski definition) is 0. The van der Waals surface area contributed by atoms with E-state index in [1.54, 1.807) is 47.3 Å². The van der Waals surface area contributed by atoms with Gasteiger partial charge in [0.15, 0.2) is 0 Å². The van der Waals surface area contributed by atoms with E-state index in [0.29, 0.717) is 17.7 Å². The van der Waals surface area contributed by atoms with E-state index in [4.69, 9.17) is 5.26 Å². The Morgan fingerprint density at radius 3 is 2.74 bits per heavy atom. The molecule has 1 amide bonds. The van der Waals surface area contributed by atoms with Crippen molar-refractivity contribution < 1.29 is 9.18 Å². The summed E-state index contributed by atoms with van der Waals surface area (Å²) in [7, 11) is 0. The third-order valence-corrected chi connectivity index (χ3v) is 5.48. The molecule has 4 rings (SSSR count). The highest BCUT2D eigenvalue weighted by molar-refractivity contribution is 7.99. The van der Waals surface area contributed by atoms with Gasteiger partial charge in [0, 0.05) is 34.5 Å². The SMILES string of the molecule is N#Cc1ccc(-c2cncc3c2SCCN3C(=O)c2cccc(F)c2)cc1. The van der Waals surface area contributed by atoms with Crippen molar-refractivity contribution in [3.05, 3.63) is 77.9 Å². The van der Waals surface area contributed by atoms with E-state index in [1.807, 2.05) is 12.1 Å². The number of carbonyl (C=O) groups excluding carboxylic acids is 1. The number of carbonyl (C=O) groups is 1. The summed E-state index contributed by atoms with van der Waals surface area (Å²) in [6.45, 7) is 0.533. The van der Waals surface area contributed by atoms with E-state index >= 15 is 0 Å². The van der Waals surface area contributed by atoms with Gasteiger partial charge in [-0.2, -0.15) is 5.26 Å². The fraction of sp³-hybridized carbons (Fsp3) is 0.0952. The first-order valence-electron chi connectivity index (χ1n) is 8.36. The number of anilines is 1. The molecule has 1 aliphatic heterocycles. The van der Waals surface area contributed by atoms with E-state index in [9.17, 15) is 9.18 Å². The molecule has 0 saturated carbocycles. The first-order valence-corrected chi connectivity index (χ1v) is 9.35. The second-order valence-corrected chi connectivity index (χ2v) is 7.15. The molecule has 0 unspecified atom stereocenters. The topological polar surface area (TPSA) is 57.0 Å². The molecule has 0 bridgehead atoms. The lowest BCUT2D eigenvalue weighted by atomic mass is 10.0.